The Morgan fingerprint density at radius 2 is 1.83 bits per heavy atom. The molecule has 0 atom stereocenters. The normalized spacial score (nSPS) is 23.6. The molecule has 2 fully saturated rings. The quantitative estimate of drug-likeness (QED) is 0.797. The lowest BCUT2D eigenvalue weighted by molar-refractivity contribution is 0.126. The second-order valence-corrected chi connectivity index (χ2v) is 8.60. The summed E-state index contributed by atoms with van der Waals surface area (Å²) in [4.78, 5) is 14.0. The fourth-order valence-electron chi connectivity index (χ4n) is 4.56. The van der Waals surface area contributed by atoms with Crippen LogP contribution in [0.1, 0.15) is 38.5 Å². The highest BCUT2D eigenvalue weighted by atomic mass is 16.3. The van der Waals surface area contributed by atoms with Crippen molar-refractivity contribution in [3.8, 4) is 11.3 Å². The molecule has 8 nitrogen and oxygen atoms in total. The average molecular weight is 400 g/mol. The van der Waals surface area contributed by atoms with Gasteiger partial charge in [-0.05, 0) is 58.7 Å². The van der Waals surface area contributed by atoms with Crippen molar-refractivity contribution in [2.24, 2.45) is 7.05 Å². The van der Waals surface area contributed by atoms with Crippen LogP contribution in [0.15, 0.2) is 18.5 Å². The lowest BCUT2D eigenvalue weighted by Crippen LogP contribution is -2.42. The zero-order valence-corrected chi connectivity index (χ0v) is 17.8. The number of rotatable bonds is 5. The molecule has 0 aromatic carbocycles. The minimum Gasteiger partial charge on any atom is -0.393 e. The first kappa shape index (κ1) is 20.1. The van der Waals surface area contributed by atoms with Crippen LogP contribution in [-0.4, -0.2) is 75.1 Å². The van der Waals surface area contributed by atoms with E-state index in [0.29, 0.717) is 18.0 Å². The fraction of sp³-hybridized carbons (Fsp3) is 0.667. The first-order valence-electron chi connectivity index (χ1n) is 10.7. The fourth-order valence-corrected chi connectivity index (χ4v) is 4.56. The minimum atomic E-state index is -0.158. The van der Waals surface area contributed by atoms with Gasteiger partial charge in [0.25, 0.3) is 0 Å². The average Bonchev–Trinajstić information content (AvgIpc) is 3.11. The van der Waals surface area contributed by atoms with E-state index in [4.69, 9.17) is 4.98 Å². The van der Waals surface area contributed by atoms with Crippen molar-refractivity contribution < 1.29 is 5.11 Å². The van der Waals surface area contributed by atoms with E-state index in [2.05, 4.69) is 39.3 Å². The lowest BCUT2D eigenvalue weighted by Gasteiger charge is -2.36. The number of anilines is 2. The summed E-state index contributed by atoms with van der Waals surface area (Å²) in [6.45, 7) is 2.05. The maximum Gasteiger partial charge on any atom is 0.223 e. The molecule has 2 aromatic rings. The maximum absolute atomic E-state index is 9.71. The summed E-state index contributed by atoms with van der Waals surface area (Å²) < 4.78 is 1.96. The number of piperidine rings is 1. The van der Waals surface area contributed by atoms with Crippen LogP contribution in [0.5, 0.6) is 0 Å². The van der Waals surface area contributed by atoms with Gasteiger partial charge in [0.15, 0.2) is 0 Å². The molecule has 0 radical (unpaired) electrons. The molecule has 1 aliphatic heterocycles. The second kappa shape index (κ2) is 8.67. The lowest BCUT2D eigenvalue weighted by atomic mass is 9.93. The standard InChI is InChI=1S/C21H33N7O/c1-26(2)16-9-12-28(13-10-16)20-18(14-23-27(20)3)19-8-11-22-21(25-19)24-15-4-6-17(29)7-5-15/h8,11,14-17,29H,4-7,9-10,12-13H2,1-3H3,(H,22,24,25). The van der Waals surface area contributed by atoms with Crippen molar-refractivity contribution in [1.82, 2.24) is 24.6 Å². The number of aliphatic hydroxyl groups excluding tert-OH is 1. The molecule has 3 heterocycles. The summed E-state index contributed by atoms with van der Waals surface area (Å²) in [5.74, 6) is 1.79. The highest BCUT2D eigenvalue weighted by Gasteiger charge is 2.26. The Hall–Kier alpha value is -2.19. The van der Waals surface area contributed by atoms with Gasteiger partial charge in [0.1, 0.15) is 5.82 Å². The third-order valence-corrected chi connectivity index (χ3v) is 6.36. The maximum atomic E-state index is 9.71. The first-order valence-corrected chi connectivity index (χ1v) is 10.7. The molecule has 1 aliphatic carbocycles. The summed E-state index contributed by atoms with van der Waals surface area (Å²) >= 11 is 0. The molecule has 0 spiro atoms. The van der Waals surface area contributed by atoms with Crippen LogP contribution in [-0.2, 0) is 7.05 Å². The number of hydrogen-bond acceptors (Lipinski definition) is 7. The van der Waals surface area contributed by atoms with Gasteiger partial charge >= 0.3 is 0 Å². The molecule has 158 valence electrons. The van der Waals surface area contributed by atoms with E-state index in [1.165, 1.54) is 0 Å². The second-order valence-electron chi connectivity index (χ2n) is 8.60. The number of nitrogens with one attached hydrogen (secondary N) is 1. The largest absolute Gasteiger partial charge is 0.393 e. The number of aromatic nitrogens is 4. The Morgan fingerprint density at radius 3 is 2.52 bits per heavy atom. The predicted octanol–water partition coefficient (Wildman–Crippen LogP) is 2.12. The molecule has 0 amide bonds. The SMILES string of the molecule is CN(C)C1CCN(c2c(-c3ccnc(NC4CCC(O)CC4)n3)cnn2C)CC1. The summed E-state index contributed by atoms with van der Waals surface area (Å²) in [6.07, 6.45) is 9.47. The number of hydrogen-bond donors (Lipinski definition) is 2. The molecule has 2 N–H and O–H groups in total. The molecule has 29 heavy (non-hydrogen) atoms. The summed E-state index contributed by atoms with van der Waals surface area (Å²) in [6, 6.07) is 2.93. The van der Waals surface area contributed by atoms with Crippen molar-refractivity contribution >= 4 is 11.8 Å². The molecule has 2 aromatic heterocycles. The molecule has 0 unspecified atom stereocenters. The van der Waals surface area contributed by atoms with Crippen LogP contribution in [0.4, 0.5) is 11.8 Å². The molecular weight excluding hydrogens is 366 g/mol. The number of aryl methyl sites for hydroxylation is 1. The van der Waals surface area contributed by atoms with E-state index in [9.17, 15) is 5.11 Å². The van der Waals surface area contributed by atoms with E-state index < -0.39 is 0 Å². The van der Waals surface area contributed by atoms with Gasteiger partial charge in [-0.3, -0.25) is 4.68 Å². The van der Waals surface area contributed by atoms with Crippen LogP contribution >= 0.6 is 0 Å². The molecule has 8 heteroatoms. The zero-order chi connectivity index (χ0) is 20.4. The van der Waals surface area contributed by atoms with E-state index in [1.807, 2.05) is 30.2 Å². The van der Waals surface area contributed by atoms with Crippen LogP contribution in [0.2, 0.25) is 0 Å². The van der Waals surface area contributed by atoms with Gasteiger partial charge in [0.05, 0.1) is 23.6 Å². The zero-order valence-electron chi connectivity index (χ0n) is 17.8. The van der Waals surface area contributed by atoms with Crippen molar-refractivity contribution in [3.05, 3.63) is 18.5 Å². The summed E-state index contributed by atoms with van der Waals surface area (Å²) in [5.41, 5.74) is 1.96. The molecule has 1 saturated carbocycles. The Morgan fingerprint density at radius 1 is 1.10 bits per heavy atom. The third-order valence-electron chi connectivity index (χ3n) is 6.36. The van der Waals surface area contributed by atoms with Gasteiger partial charge in [0.2, 0.25) is 5.95 Å². The topological polar surface area (TPSA) is 82.3 Å². The third kappa shape index (κ3) is 4.53. The van der Waals surface area contributed by atoms with E-state index in [1.54, 1.807) is 0 Å². The van der Waals surface area contributed by atoms with E-state index in [-0.39, 0.29) is 6.10 Å². The van der Waals surface area contributed by atoms with E-state index >= 15 is 0 Å². The Balaban J connectivity index is 1.51. The molecule has 2 aliphatic rings. The van der Waals surface area contributed by atoms with Gasteiger partial charge in [-0.25, -0.2) is 9.97 Å². The van der Waals surface area contributed by atoms with Crippen LogP contribution < -0.4 is 10.2 Å². The minimum absolute atomic E-state index is 0.158. The monoisotopic (exact) mass is 399 g/mol. The molecule has 0 bridgehead atoms. The Kier molecular flexibility index (Phi) is 6.01. The highest BCUT2D eigenvalue weighted by Crippen LogP contribution is 2.32. The van der Waals surface area contributed by atoms with Gasteiger partial charge in [-0.2, -0.15) is 5.10 Å². The Labute approximate surface area is 172 Å². The first-order chi connectivity index (χ1) is 14.0. The highest BCUT2D eigenvalue weighted by molar-refractivity contribution is 5.73. The van der Waals surface area contributed by atoms with Gasteiger partial charge in [0, 0.05) is 38.4 Å². The van der Waals surface area contributed by atoms with Gasteiger partial charge < -0.3 is 20.2 Å². The van der Waals surface area contributed by atoms with Crippen molar-refractivity contribution in [2.75, 3.05) is 37.4 Å². The van der Waals surface area contributed by atoms with Crippen LogP contribution in [0.25, 0.3) is 11.3 Å². The molecule has 4 rings (SSSR count). The van der Waals surface area contributed by atoms with Crippen molar-refractivity contribution in [1.29, 1.82) is 0 Å². The van der Waals surface area contributed by atoms with E-state index in [0.717, 1.165) is 68.7 Å². The summed E-state index contributed by atoms with van der Waals surface area (Å²) in [5, 5.41) is 17.7. The molecule has 1 saturated heterocycles. The van der Waals surface area contributed by atoms with Crippen molar-refractivity contribution in [2.45, 2.75) is 56.7 Å². The van der Waals surface area contributed by atoms with Crippen LogP contribution in [0.3, 0.4) is 0 Å². The van der Waals surface area contributed by atoms with Gasteiger partial charge in [-0.1, -0.05) is 0 Å². The number of aliphatic hydroxyl groups is 1. The Bertz CT molecular complexity index is 805. The summed E-state index contributed by atoms with van der Waals surface area (Å²) in [7, 11) is 6.33. The predicted molar refractivity (Wildman–Crippen MR) is 115 cm³/mol. The smallest absolute Gasteiger partial charge is 0.223 e. The number of nitrogens with zero attached hydrogens (tertiary/aromatic N) is 6. The molecular formula is C21H33N7O. The van der Waals surface area contributed by atoms with Crippen molar-refractivity contribution in [3.63, 3.8) is 0 Å². The van der Waals surface area contributed by atoms with Crippen LogP contribution in [0, 0.1) is 0 Å². The van der Waals surface area contributed by atoms with Gasteiger partial charge in [-0.15, -0.1) is 0 Å².